The summed E-state index contributed by atoms with van der Waals surface area (Å²) < 4.78 is 60.3. The number of carbonyl (C=O) groups excluding carboxylic acids is 1. The van der Waals surface area contributed by atoms with Crippen LogP contribution in [0.25, 0.3) is 0 Å². The largest absolute Gasteiger partial charge is 0.540 e. The second kappa shape index (κ2) is 4.87. The first kappa shape index (κ1) is 14.6. The van der Waals surface area contributed by atoms with Crippen molar-refractivity contribution >= 4 is 11.7 Å². The van der Waals surface area contributed by atoms with Crippen LogP contribution in [0.2, 0.25) is 0 Å². The number of nitrogens with zero attached hydrogens (tertiary/aromatic N) is 1. The van der Waals surface area contributed by atoms with Crippen LogP contribution in [0.1, 0.15) is 5.56 Å². The highest BCUT2D eigenvalue weighted by Crippen LogP contribution is 2.46. The molecular formula is C13H10F4N2O3. The van der Waals surface area contributed by atoms with Crippen molar-refractivity contribution in [2.24, 2.45) is 0 Å². The Morgan fingerprint density at radius 3 is 2.55 bits per heavy atom. The van der Waals surface area contributed by atoms with E-state index in [2.05, 4.69) is 14.8 Å². The smallest absolute Gasteiger partial charge is 0.409 e. The fourth-order valence-corrected chi connectivity index (χ4v) is 2.12. The number of anilines is 1. The molecule has 1 N–H and O–H groups in total. The number of hydrogen-bond acceptors (Lipinski definition) is 3. The molecule has 0 atom stereocenters. The molecule has 0 saturated heterocycles. The molecule has 0 radical (unpaired) electrons. The van der Waals surface area contributed by atoms with Gasteiger partial charge in [0.1, 0.15) is 5.75 Å². The summed E-state index contributed by atoms with van der Waals surface area (Å²) in [6, 6.07) is 2.47. The molecule has 0 bridgehead atoms. The zero-order valence-corrected chi connectivity index (χ0v) is 11.0. The molecule has 118 valence electrons. The second-order valence-electron chi connectivity index (χ2n) is 4.70. The van der Waals surface area contributed by atoms with Crippen LogP contribution in [0, 0.1) is 0 Å². The lowest BCUT2D eigenvalue weighted by Crippen LogP contribution is -2.41. The topological polar surface area (TPSA) is 50.8 Å². The summed E-state index contributed by atoms with van der Waals surface area (Å²) in [6.07, 6.45) is -5.08. The second-order valence-corrected chi connectivity index (χ2v) is 4.70. The number of fused-ring (bicyclic) bond motifs is 1. The van der Waals surface area contributed by atoms with E-state index in [9.17, 15) is 22.4 Å². The van der Waals surface area contributed by atoms with E-state index in [-0.39, 0.29) is 5.69 Å². The minimum Gasteiger partial charge on any atom is -0.409 e. The molecule has 1 aromatic carbocycles. The Morgan fingerprint density at radius 1 is 1.18 bits per heavy atom. The molecule has 2 aliphatic rings. The zero-order valence-electron chi connectivity index (χ0n) is 11.0. The molecule has 0 unspecified atom stereocenters. The van der Waals surface area contributed by atoms with E-state index in [1.54, 1.807) is 12.2 Å². The summed E-state index contributed by atoms with van der Waals surface area (Å²) in [4.78, 5) is 13.3. The molecule has 0 saturated carbocycles. The Kier molecular flexibility index (Phi) is 3.24. The molecule has 2 aliphatic heterocycles. The number of alkyl halides is 4. The van der Waals surface area contributed by atoms with Crippen LogP contribution in [0.3, 0.4) is 0 Å². The molecule has 2 amide bonds. The molecule has 0 aliphatic carbocycles. The highest BCUT2D eigenvalue weighted by Gasteiger charge is 2.54. The zero-order chi connectivity index (χ0) is 16.0. The van der Waals surface area contributed by atoms with Gasteiger partial charge < -0.3 is 15.0 Å². The number of urea groups is 1. The van der Waals surface area contributed by atoms with E-state index in [0.717, 1.165) is 12.1 Å². The number of ether oxygens (including phenoxy) is 2. The van der Waals surface area contributed by atoms with Crippen molar-refractivity contribution in [2.75, 3.05) is 18.4 Å². The lowest BCUT2D eigenvalue weighted by molar-refractivity contribution is -0.461. The van der Waals surface area contributed by atoms with E-state index in [1.807, 2.05) is 0 Å². The Balaban J connectivity index is 1.83. The first-order valence-electron chi connectivity index (χ1n) is 6.27. The first-order chi connectivity index (χ1) is 10.3. The van der Waals surface area contributed by atoms with Crippen molar-refractivity contribution in [2.45, 2.75) is 12.4 Å². The lowest BCUT2D eigenvalue weighted by Gasteiger charge is -2.30. The summed E-state index contributed by atoms with van der Waals surface area (Å²) in [5, 5.41) is 2.41. The average molecular weight is 318 g/mol. The Morgan fingerprint density at radius 2 is 1.86 bits per heavy atom. The van der Waals surface area contributed by atoms with Crippen molar-refractivity contribution in [1.82, 2.24) is 4.90 Å². The van der Waals surface area contributed by atoms with Gasteiger partial charge in [-0.1, -0.05) is 12.2 Å². The van der Waals surface area contributed by atoms with Crippen molar-refractivity contribution < 1.29 is 31.8 Å². The molecule has 5 nitrogen and oxygen atoms in total. The number of halogens is 4. The molecule has 1 aromatic rings. The summed E-state index contributed by atoms with van der Waals surface area (Å²) in [6.45, 7) is 0.816. The third kappa shape index (κ3) is 2.71. The number of rotatable bonds is 1. The number of benzene rings is 1. The van der Waals surface area contributed by atoms with E-state index < -0.39 is 29.7 Å². The van der Waals surface area contributed by atoms with Crippen molar-refractivity contribution in [1.29, 1.82) is 0 Å². The number of nitrogens with one attached hydrogen (secondary N) is 1. The summed E-state index contributed by atoms with van der Waals surface area (Å²) in [5.41, 5.74) is -0.858. The van der Waals surface area contributed by atoms with Gasteiger partial charge in [0, 0.05) is 18.8 Å². The molecule has 3 rings (SSSR count). The molecule has 0 aromatic heterocycles. The lowest BCUT2D eigenvalue weighted by atomic mass is 10.1. The fourth-order valence-electron chi connectivity index (χ4n) is 2.12. The van der Waals surface area contributed by atoms with Gasteiger partial charge in [-0.15, -0.1) is 8.78 Å². The Bertz CT molecular complexity index is 640. The van der Waals surface area contributed by atoms with Gasteiger partial charge in [0.15, 0.2) is 0 Å². The molecule has 0 fully saturated rings. The van der Waals surface area contributed by atoms with E-state index in [4.69, 9.17) is 0 Å². The van der Waals surface area contributed by atoms with Crippen LogP contribution in [-0.2, 0) is 10.8 Å². The third-order valence-electron chi connectivity index (χ3n) is 3.13. The Hall–Kier alpha value is -2.29. The number of amides is 2. The quantitative estimate of drug-likeness (QED) is 0.639. The molecule has 0 spiro atoms. The van der Waals surface area contributed by atoms with Crippen LogP contribution in [0.4, 0.5) is 28.0 Å². The third-order valence-corrected chi connectivity index (χ3v) is 3.13. The van der Waals surface area contributed by atoms with E-state index >= 15 is 0 Å². The SMILES string of the molecule is O=C(Nc1ccc2c(c1)C(F)(F)OC(F)(F)O2)N1CC=CC1. The van der Waals surface area contributed by atoms with Gasteiger partial charge in [-0.3, -0.25) is 0 Å². The summed E-state index contributed by atoms with van der Waals surface area (Å²) >= 11 is 0. The van der Waals surface area contributed by atoms with Gasteiger partial charge >= 0.3 is 18.4 Å². The van der Waals surface area contributed by atoms with Crippen LogP contribution < -0.4 is 10.1 Å². The van der Waals surface area contributed by atoms with Gasteiger partial charge in [-0.25, -0.2) is 9.53 Å². The van der Waals surface area contributed by atoms with Gasteiger partial charge in [0.25, 0.3) is 0 Å². The van der Waals surface area contributed by atoms with Crippen molar-refractivity contribution in [3.8, 4) is 5.75 Å². The molecule has 9 heteroatoms. The van der Waals surface area contributed by atoms with Crippen LogP contribution in [0.5, 0.6) is 5.75 Å². The van der Waals surface area contributed by atoms with Crippen LogP contribution >= 0.6 is 0 Å². The highest BCUT2D eigenvalue weighted by molar-refractivity contribution is 5.90. The summed E-state index contributed by atoms with van der Waals surface area (Å²) in [7, 11) is 0. The van der Waals surface area contributed by atoms with E-state index in [1.165, 1.54) is 11.0 Å². The van der Waals surface area contributed by atoms with Gasteiger partial charge in [-0.05, 0) is 18.2 Å². The summed E-state index contributed by atoms with van der Waals surface area (Å²) in [5.74, 6) is -0.706. The predicted octanol–water partition coefficient (Wildman–Crippen LogP) is 3.10. The predicted molar refractivity (Wildman–Crippen MR) is 66.7 cm³/mol. The fraction of sp³-hybridized carbons (Fsp3) is 0.308. The Labute approximate surface area is 122 Å². The van der Waals surface area contributed by atoms with E-state index in [0.29, 0.717) is 13.1 Å². The number of carbonyl (C=O) groups is 1. The van der Waals surface area contributed by atoms with Crippen molar-refractivity contribution in [3.63, 3.8) is 0 Å². The minimum atomic E-state index is -4.41. The van der Waals surface area contributed by atoms with Gasteiger partial charge in [0.2, 0.25) is 0 Å². The number of hydrogen-bond donors (Lipinski definition) is 1. The normalized spacial score (nSPS) is 21.2. The van der Waals surface area contributed by atoms with Gasteiger partial charge in [-0.2, -0.15) is 8.78 Å². The monoisotopic (exact) mass is 318 g/mol. The molecule has 2 heterocycles. The average Bonchev–Trinajstić information content (AvgIpc) is 2.91. The standard InChI is InChI=1S/C13H10F4N2O3/c14-12(15)9-7-8(18-11(20)19-5-1-2-6-19)3-4-10(9)21-13(16,17)22-12/h1-4,7H,5-6H2,(H,18,20). The first-order valence-corrected chi connectivity index (χ1v) is 6.27. The maximum absolute atomic E-state index is 13.6. The van der Waals surface area contributed by atoms with Crippen molar-refractivity contribution in [3.05, 3.63) is 35.9 Å². The van der Waals surface area contributed by atoms with Crippen LogP contribution in [-0.4, -0.2) is 30.3 Å². The molecule has 22 heavy (non-hydrogen) atoms. The maximum Gasteiger partial charge on any atom is 0.540 e. The van der Waals surface area contributed by atoms with Gasteiger partial charge in [0.05, 0.1) is 5.56 Å². The maximum atomic E-state index is 13.6. The highest BCUT2D eigenvalue weighted by atomic mass is 19.3. The molecular weight excluding hydrogens is 308 g/mol. The minimum absolute atomic E-state index is 0.0211. The van der Waals surface area contributed by atoms with Crippen LogP contribution in [0.15, 0.2) is 30.4 Å².